The van der Waals surface area contributed by atoms with Gasteiger partial charge in [-0.25, -0.2) is 0 Å². The molecule has 0 bridgehead atoms. The van der Waals surface area contributed by atoms with Gasteiger partial charge in [0.05, 0.1) is 27.0 Å². The Labute approximate surface area is 200 Å². The standard InChI is InChI=1S/C23H19Br2NO6/c24-17-8-13(10-21(29)30)9-18(25)22(17)32-15-6-7-19(27)16(11-15)23(31)26-12-20(28)14-4-2-1-3-5-14/h1-9,11,20,27-28H,10,12H2,(H,26,31)(H,29,30). The van der Waals surface area contributed by atoms with Crippen molar-refractivity contribution in [2.75, 3.05) is 6.54 Å². The number of carbonyl (C=O) groups is 2. The van der Waals surface area contributed by atoms with Gasteiger partial charge in [0.25, 0.3) is 5.91 Å². The van der Waals surface area contributed by atoms with E-state index in [-0.39, 0.29) is 30.0 Å². The zero-order valence-electron chi connectivity index (χ0n) is 16.6. The number of aliphatic carboxylic acids is 1. The smallest absolute Gasteiger partial charge is 0.307 e. The minimum atomic E-state index is -0.955. The van der Waals surface area contributed by atoms with Crippen molar-refractivity contribution in [1.29, 1.82) is 0 Å². The molecule has 4 N–H and O–H groups in total. The predicted molar refractivity (Wildman–Crippen MR) is 125 cm³/mol. The first-order valence-electron chi connectivity index (χ1n) is 9.46. The Balaban J connectivity index is 1.74. The maximum absolute atomic E-state index is 12.6. The number of benzene rings is 3. The largest absolute Gasteiger partial charge is 0.507 e. The summed E-state index contributed by atoms with van der Waals surface area (Å²) in [6.07, 6.45) is -1.03. The number of aliphatic hydroxyl groups is 1. The molecule has 1 amide bonds. The highest BCUT2D eigenvalue weighted by Gasteiger charge is 2.17. The number of carbonyl (C=O) groups excluding carboxylic acids is 1. The fourth-order valence-electron chi connectivity index (χ4n) is 2.94. The Bertz CT molecular complexity index is 1110. The molecule has 0 aliphatic rings. The van der Waals surface area contributed by atoms with E-state index in [0.29, 0.717) is 25.8 Å². The maximum Gasteiger partial charge on any atom is 0.307 e. The molecule has 0 radical (unpaired) electrons. The number of rotatable bonds is 8. The first kappa shape index (κ1) is 23.8. The number of carboxylic acids is 1. The van der Waals surface area contributed by atoms with Gasteiger partial charge in [-0.15, -0.1) is 0 Å². The van der Waals surface area contributed by atoms with Crippen LogP contribution in [0.1, 0.15) is 27.6 Å². The number of hydrogen-bond acceptors (Lipinski definition) is 5. The second-order valence-electron chi connectivity index (χ2n) is 6.88. The van der Waals surface area contributed by atoms with Crippen molar-refractivity contribution in [3.05, 3.63) is 86.3 Å². The lowest BCUT2D eigenvalue weighted by Crippen LogP contribution is -2.28. The Morgan fingerprint density at radius 2 is 1.66 bits per heavy atom. The van der Waals surface area contributed by atoms with Crippen LogP contribution in [0.5, 0.6) is 17.2 Å². The Morgan fingerprint density at radius 1 is 1.00 bits per heavy atom. The van der Waals surface area contributed by atoms with Gasteiger partial charge in [0.1, 0.15) is 11.5 Å². The van der Waals surface area contributed by atoms with Gasteiger partial charge in [0, 0.05) is 6.54 Å². The zero-order valence-corrected chi connectivity index (χ0v) is 19.8. The van der Waals surface area contributed by atoms with E-state index in [1.165, 1.54) is 18.2 Å². The minimum absolute atomic E-state index is 0.0162. The summed E-state index contributed by atoms with van der Waals surface area (Å²) in [5.41, 5.74) is 1.22. The molecule has 3 aromatic carbocycles. The molecule has 7 nitrogen and oxygen atoms in total. The highest BCUT2D eigenvalue weighted by atomic mass is 79.9. The minimum Gasteiger partial charge on any atom is -0.507 e. The van der Waals surface area contributed by atoms with Gasteiger partial charge in [-0.3, -0.25) is 9.59 Å². The summed E-state index contributed by atoms with van der Waals surface area (Å²) < 4.78 is 6.90. The quantitative estimate of drug-likeness (QED) is 0.312. The molecule has 1 unspecified atom stereocenters. The molecular weight excluding hydrogens is 546 g/mol. The Kier molecular flexibility index (Phi) is 7.89. The van der Waals surface area contributed by atoms with Crippen LogP contribution in [-0.4, -0.2) is 33.7 Å². The van der Waals surface area contributed by atoms with Crippen LogP contribution < -0.4 is 10.1 Å². The number of halogens is 2. The number of aromatic hydroxyl groups is 1. The van der Waals surface area contributed by atoms with Crippen molar-refractivity contribution in [1.82, 2.24) is 5.32 Å². The van der Waals surface area contributed by atoms with Crippen LogP contribution in [0.25, 0.3) is 0 Å². The molecule has 0 fully saturated rings. The third-order valence-corrected chi connectivity index (χ3v) is 5.66. The summed E-state index contributed by atoms with van der Waals surface area (Å²) in [6.45, 7) is -0.0322. The molecule has 32 heavy (non-hydrogen) atoms. The van der Waals surface area contributed by atoms with Crippen molar-refractivity contribution < 1.29 is 29.6 Å². The van der Waals surface area contributed by atoms with E-state index in [4.69, 9.17) is 9.84 Å². The molecule has 3 rings (SSSR count). The molecule has 0 aliphatic carbocycles. The first-order valence-corrected chi connectivity index (χ1v) is 11.0. The van der Waals surface area contributed by atoms with Crippen molar-refractivity contribution in [3.8, 4) is 17.2 Å². The lowest BCUT2D eigenvalue weighted by Gasteiger charge is -2.15. The van der Waals surface area contributed by atoms with E-state index < -0.39 is 18.0 Å². The van der Waals surface area contributed by atoms with Crippen LogP contribution in [0.15, 0.2) is 69.6 Å². The third-order valence-electron chi connectivity index (χ3n) is 4.49. The summed E-state index contributed by atoms with van der Waals surface area (Å²) in [4.78, 5) is 23.5. The van der Waals surface area contributed by atoms with Crippen LogP contribution in [0.3, 0.4) is 0 Å². The molecule has 3 aromatic rings. The molecule has 0 saturated heterocycles. The zero-order chi connectivity index (χ0) is 23.3. The highest BCUT2D eigenvalue weighted by molar-refractivity contribution is 9.11. The van der Waals surface area contributed by atoms with Gasteiger partial charge < -0.3 is 25.4 Å². The van der Waals surface area contributed by atoms with E-state index in [1.807, 2.05) is 6.07 Å². The van der Waals surface area contributed by atoms with Crippen molar-refractivity contribution in [2.24, 2.45) is 0 Å². The first-order chi connectivity index (χ1) is 15.2. The number of aliphatic hydroxyl groups excluding tert-OH is 1. The van der Waals surface area contributed by atoms with Gasteiger partial charge >= 0.3 is 5.97 Å². The molecule has 0 aliphatic heterocycles. The second-order valence-corrected chi connectivity index (χ2v) is 8.59. The van der Waals surface area contributed by atoms with E-state index in [2.05, 4.69) is 37.2 Å². The molecule has 0 heterocycles. The summed E-state index contributed by atoms with van der Waals surface area (Å²) in [7, 11) is 0. The number of nitrogens with one attached hydrogen (secondary N) is 1. The molecule has 0 spiro atoms. The predicted octanol–water partition coefficient (Wildman–Crippen LogP) is 4.80. The van der Waals surface area contributed by atoms with Gasteiger partial charge in [0.15, 0.2) is 5.75 Å². The molecule has 9 heteroatoms. The van der Waals surface area contributed by atoms with Crippen molar-refractivity contribution in [2.45, 2.75) is 12.5 Å². The highest BCUT2D eigenvalue weighted by Crippen LogP contribution is 2.38. The van der Waals surface area contributed by atoms with E-state index >= 15 is 0 Å². The van der Waals surface area contributed by atoms with Crippen LogP contribution in [0, 0.1) is 0 Å². The normalized spacial score (nSPS) is 11.6. The van der Waals surface area contributed by atoms with Crippen molar-refractivity contribution in [3.63, 3.8) is 0 Å². The third kappa shape index (κ3) is 6.09. The summed E-state index contributed by atoms with van der Waals surface area (Å²) in [6, 6.07) is 16.4. The number of carboxylic acid groups (broad SMARTS) is 1. The number of amides is 1. The summed E-state index contributed by atoms with van der Waals surface area (Å²) >= 11 is 6.73. The number of phenols is 1. The lowest BCUT2D eigenvalue weighted by molar-refractivity contribution is -0.136. The maximum atomic E-state index is 12.6. The Hall–Kier alpha value is -2.88. The fraction of sp³-hybridized carbons (Fsp3) is 0.130. The van der Waals surface area contributed by atoms with Gasteiger partial charge in [-0.2, -0.15) is 0 Å². The van der Waals surface area contributed by atoms with E-state index in [9.17, 15) is 19.8 Å². The van der Waals surface area contributed by atoms with E-state index in [0.717, 1.165) is 0 Å². The van der Waals surface area contributed by atoms with Gasteiger partial charge in [-0.05, 0) is 73.3 Å². The average Bonchev–Trinajstić information content (AvgIpc) is 2.75. The van der Waals surface area contributed by atoms with Crippen LogP contribution in [0.4, 0.5) is 0 Å². The summed E-state index contributed by atoms with van der Waals surface area (Å²) in [5.74, 6) is -1.10. The van der Waals surface area contributed by atoms with Crippen molar-refractivity contribution >= 4 is 43.7 Å². The molecule has 1 atom stereocenters. The number of ether oxygens (including phenoxy) is 1. The average molecular weight is 565 g/mol. The molecular formula is C23H19Br2NO6. The summed E-state index contributed by atoms with van der Waals surface area (Å²) in [5, 5.41) is 31.9. The monoisotopic (exact) mass is 563 g/mol. The van der Waals surface area contributed by atoms with Crippen LogP contribution in [-0.2, 0) is 11.2 Å². The molecule has 0 saturated carbocycles. The SMILES string of the molecule is O=C(O)Cc1cc(Br)c(Oc2ccc(O)c(C(=O)NCC(O)c3ccccc3)c2)c(Br)c1. The Morgan fingerprint density at radius 3 is 2.28 bits per heavy atom. The van der Waals surface area contributed by atoms with E-state index in [1.54, 1.807) is 36.4 Å². The molecule has 0 aromatic heterocycles. The second kappa shape index (κ2) is 10.6. The number of phenolic OH excluding ortho intramolecular Hbond substituents is 1. The fourth-order valence-corrected chi connectivity index (χ4v) is 4.39. The lowest BCUT2D eigenvalue weighted by atomic mass is 10.1. The van der Waals surface area contributed by atoms with Gasteiger partial charge in [-0.1, -0.05) is 30.3 Å². The van der Waals surface area contributed by atoms with Gasteiger partial charge in [0.2, 0.25) is 0 Å². The molecule has 166 valence electrons. The number of hydrogen-bond donors (Lipinski definition) is 4. The van der Waals surface area contributed by atoms with Crippen LogP contribution >= 0.6 is 31.9 Å². The van der Waals surface area contributed by atoms with Crippen LogP contribution in [0.2, 0.25) is 0 Å². The topological polar surface area (TPSA) is 116 Å².